The highest BCUT2D eigenvalue weighted by Crippen LogP contribution is 2.28. The summed E-state index contributed by atoms with van der Waals surface area (Å²) in [5, 5.41) is 0.849. The van der Waals surface area contributed by atoms with E-state index >= 15 is 0 Å². The van der Waals surface area contributed by atoms with Crippen LogP contribution in [-0.4, -0.2) is 22.4 Å². The average Bonchev–Trinajstić information content (AvgIpc) is 2.88. The summed E-state index contributed by atoms with van der Waals surface area (Å²) in [4.78, 5) is 8.27. The molecule has 3 rings (SSSR count). The SMILES string of the molecule is CCc1cn(S(=O)(=O)c2ccc(C)cc2)c2ncnc(Cl)c12. The first-order valence-electron chi connectivity index (χ1n) is 6.78. The summed E-state index contributed by atoms with van der Waals surface area (Å²) in [5.41, 5.74) is 2.10. The van der Waals surface area contributed by atoms with E-state index < -0.39 is 10.0 Å². The van der Waals surface area contributed by atoms with E-state index in [1.54, 1.807) is 30.5 Å². The van der Waals surface area contributed by atoms with E-state index in [1.165, 1.54) is 10.3 Å². The van der Waals surface area contributed by atoms with Crippen LogP contribution in [0.5, 0.6) is 0 Å². The van der Waals surface area contributed by atoms with Crippen molar-refractivity contribution in [1.82, 2.24) is 13.9 Å². The van der Waals surface area contributed by atoms with Gasteiger partial charge in [-0.25, -0.2) is 22.4 Å². The van der Waals surface area contributed by atoms with E-state index in [0.29, 0.717) is 17.5 Å². The van der Waals surface area contributed by atoms with Gasteiger partial charge in [0.1, 0.15) is 11.5 Å². The van der Waals surface area contributed by atoms with E-state index in [1.807, 2.05) is 13.8 Å². The Morgan fingerprint density at radius 2 is 1.86 bits per heavy atom. The van der Waals surface area contributed by atoms with E-state index in [2.05, 4.69) is 9.97 Å². The lowest BCUT2D eigenvalue weighted by Gasteiger charge is -2.07. The first-order chi connectivity index (χ1) is 10.4. The van der Waals surface area contributed by atoms with Crippen LogP contribution in [0.1, 0.15) is 18.1 Å². The summed E-state index contributed by atoms with van der Waals surface area (Å²) in [6.07, 6.45) is 3.48. The Morgan fingerprint density at radius 3 is 2.50 bits per heavy atom. The molecule has 2 heterocycles. The maximum atomic E-state index is 12.9. The molecular formula is C15H14ClN3O2S. The van der Waals surface area contributed by atoms with Crippen LogP contribution >= 0.6 is 11.6 Å². The van der Waals surface area contributed by atoms with E-state index in [4.69, 9.17) is 11.6 Å². The second-order valence-corrected chi connectivity index (χ2v) is 7.16. The number of benzene rings is 1. The quantitative estimate of drug-likeness (QED) is 0.689. The predicted molar refractivity (Wildman–Crippen MR) is 85.7 cm³/mol. The lowest BCUT2D eigenvalue weighted by molar-refractivity contribution is 0.588. The van der Waals surface area contributed by atoms with Crippen LogP contribution in [0.25, 0.3) is 11.0 Å². The summed E-state index contributed by atoms with van der Waals surface area (Å²) >= 11 is 6.11. The van der Waals surface area contributed by atoms with Crippen molar-refractivity contribution in [1.29, 1.82) is 0 Å². The first-order valence-corrected chi connectivity index (χ1v) is 8.59. The number of hydrogen-bond acceptors (Lipinski definition) is 4. The number of halogens is 1. The molecule has 0 fully saturated rings. The molecule has 0 saturated carbocycles. The third kappa shape index (κ3) is 2.28. The molecule has 22 heavy (non-hydrogen) atoms. The van der Waals surface area contributed by atoms with Crippen LogP contribution in [0.15, 0.2) is 41.7 Å². The number of fused-ring (bicyclic) bond motifs is 1. The molecule has 1 aromatic carbocycles. The third-order valence-electron chi connectivity index (χ3n) is 3.54. The number of hydrogen-bond donors (Lipinski definition) is 0. The second-order valence-electron chi connectivity index (χ2n) is 4.98. The van der Waals surface area contributed by atoms with Gasteiger partial charge in [0.05, 0.1) is 10.3 Å². The minimum atomic E-state index is -3.72. The zero-order chi connectivity index (χ0) is 15.9. The van der Waals surface area contributed by atoms with Crippen LogP contribution in [0.3, 0.4) is 0 Å². The zero-order valence-electron chi connectivity index (χ0n) is 12.1. The molecule has 114 valence electrons. The molecule has 0 atom stereocenters. The Balaban J connectivity index is 2.30. The van der Waals surface area contributed by atoms with E-state index in [0.717, 1.165) is 11.1 Å². The van der Waals surface area contributed by atoms with Crippen LogP contribution < -0.4 is 0 Å². The average molecular weight is 336 g/mol. The minimum Gasteiger partial charge on any atom is -0.224 e. The Hall–Kier alpha value is -1.92. The molecule has 0 bridgehead atoms. The molecule has 0 radical (unpaired) electrons. The summed E-state index contributed by atoms with van der Waals surface area (Å²) in [6.45, 7) is 3.84. The van der Waals surface area contributed by atoms with Crippen molar-refractivity contribution in [2.45, 2.75) is 25.2 Å². The summed E-state index contributed by atoms with van der Waals surface area (Å²) in [6, 6.07) is 6.71. The molecule has 5 nitrogen and oxygen atoms in total. The molecule has 7 heteroatoms. The molecule has 0 N–H and O–H groups in total. The molecule has 3 aromatic rings. The van der Waals surface area contributed by atoms with Crippen molar-refractivity contribution in [3.05, 3.63) is 53.1 Å². The van der Waals surface area contributed by atoms with Crippen molar-refractivity contribution < 1.29 is 8.42 Å². The normalized spacial score (nSPS) is 12.0. The van der Waals surface area contributed by atoms with Gasteiger partial charge in [0, 0.05) is 6.20 Å². The van der Waals surface area contributed by atoms with Gasteiger partial charge in [0.25, 0.3) is 10.0 Å². The fourth-order valence-corrected chi connectivity index (χ4v) is 3.93. The first kappa shape index (κ1) is 15.0. The maximum absolute atomic E-state index is 12.9. The fraction of sp³-hybridized carbons (Fsp3) is 0.200. The van der Waals surface area contributed by atoms with Gasteiger partial charge in [-0.3, -0.25) is 0 Å². The molecule has 0 aliphatic heterocycles. The smallest absolute Gasteiger partial charge is 0.224 e. The van der Waals surface area contributed by atoms with Crippen LogP contribution in [0.4, 0.5) is 0 Å². The zero-order valence-corrected chi connectivity index (χ0v) is 13.7. The highest BCUT2D eigenvalue weighted by Gasteiger charge is 2.23. The maximum Gasteiger partial charge on any atom is 0.269 e. The number of aryl methyl sites for hydroxylation is 2. The lowest BCUT2D eigenvalue weighted by atomic mass is 10.2. The molecular weight excluding hydrogens is 322 g/mol. The van der Waals surface area contributed by atoms with Crippen molar-refractivity contribution in [3.63, 3.8) is 0 Å². The van der Waals surface area contributed by atoms with Gasteiger partial charge >= 0.3 is 0 Å². The molecule has 0 unspecified atom stereocenters. The molecule has 0 aliphatic rings. The van der Waals surface area contributed by atoms with Gasteiger partial charge in [-0.05, 0) is 31.0 Å². The van der Waals surface area contributed by atoms with Crippen molar-refractivity contribution in [2.24, 2.45) is 0 Å². The van der Waals surface area contributed by atoms with E-state index in [9.17, 15) is 8.42 Å². The third-order valence-corrected chi connectivity index (χ3v) is 5.49. The monoisotopic (exact) mass is 335 g/mol. The largest absolute Gasteiger partial charge is 0.269 e. The number of nitrogens with zero attached hydrogens (tertiary/aromatic N) is 3. The topological polar surface area (TPSA) is 64.8 Å². The Bertz CT molecular complexity index is 947. The van der Waals surface area contributed by atoms with Crippen LogP contribution in [0.2, 0.25) is 5.15 Å². The number of aromatic nitrogens is 3. The highest BCUT2D eigenvalue weighted by molar-refractivity contribution is 7.90. The molecule has 0 aliphatic carbocycles. The lowest BCUT2D eigenvalue weighted by Crippen LogP contribution is -2.12. The van der Waals surface area contributed by atoms with Gasteiger partial charge in [-0.2, -0.15) is 0 Å². The summed E-state index contributed by atoms with van der Waals surface area (Å²) < 4.78 is 26.9. The molecule has 0 spiro atoms. The van der Waals surface area contributed by atoms with Gasteiger partial charge in [-0.1, -0.05) is 36.2 Å². The van der Waals surface area contributed by atoms with Crippen molar-refractivity contribution >= 4 is 32.7 Å². The molecule has 0 saturated heterocycles. The van der Waals surface area contributed by atoms with Gasteiger partial charge in [0.15, 0.2) is 5.65 Å². The Labute approximate surface area is 133 Å². The standard InChI is InChI=1S/C15H14ClN3O2S/c1-3-11-8-19(15-13(11)14(16)17-9-18-15)22(20,21)12-6-4-10(2)5-7-12/h4-9H,3H2,1-2H3. The van der Waals surface area contributed by atoms with Crippen LogP contribution in [-0.2, 0) is 16.4 Å². The van der Waals surface area contributed by atoms with Crippen LogP contribution in [0, 0.1) is 6.92 Å². The van der Waals surface area contributed by atoms with Gasteiger partial charge in [0.2, 0.25) is 0 Å². The Kier molecular flexibility index (Phi) is 3.66. The Morgan fingerprint density at radius 1 is 1.18 bits per heavy atom. The highest BCUT2D eigenvalue weighted by atomic mass is 35.5. The van der Waals surface area contributed by atoms with Gasteiger partial charge in [-0.15, -0.1) is 0 Å². The van der Waals surface area contributed by atoms with Crippen molar-refractivity contribution in [3.8, 4) is 0 Å². The summed E-state index contributed by atoms with van der Waals surface area (Å²) in [7, 11) is -3.72. The second kappa shape index (κ2) is 5.37. The van der Waals surface area contributed by atoms with E-state index in [-0.39, 0.29) is 10.0 Å². The predicted octanol–water partition coefficient (Wildman–Crippen LogP) is 3.19. The molecule has 2 aromatic heterocycles. The fourth-order valence-electron chi connectivity index (χ4n) is 2.34. The molecule has 0 amide bonds. The van der Waals surface area contributed by atoms with Crippen molar-refractivity contribution in [2.75, 3.05) is 0 Å². The summed E-state index contributed by atoms with van der Waals surface area (Å²) in [5.74, 6) is 0. The van der Waals surface area contributed by atoms with Gasteiger partial charge < -0.3 is 0 Å². The number of rotatable bonds is 3. The minimum absolute atomic E-state index is 0.215.